The van der Waals surface area contributed by atoms with Gasteiger partial charge in [0.25, 0.3) is 0 Å². The molecule has 0 aromatic heterocycles. The minimum absolute atomic E-state index is 0.235. The largest absolute Gasteiger partial charge is 0.479 e. The zero-order valence-corrected chi connectivity index (χ0v) is 9.58. The molecule has 15 heavy (non-hydrogen) atoms. The molecule has 0 amide bonds. The predicted octanol–water partition coefficient (Wildman–Crippen LogP) is 3.26. The monoisotopic (exact) mass is 216 g/mol. The van der Waals surface area contributed by atoms with Gasteiger partial charge in [-0.05, 0) is 24.7 Å². The molecule has 3 atom stereocenters. The highest BCUT2D eigenvalue weighted by atomic mass is 19.1. The van der Waals surface area contributed by atoms with Crippen molar-refractivity contribution in [2.45, 2.75) is 52.1 Å². The number of aliphatic carboxylic acids is 1. The van der Waals surface area contributed by atoms with Crippen molar-refractivity contribution in [3.8, 4) is 0 Å². The molecule has 2 nitrogen and oxygen atoms in total. The average Bonchev–Trinajstić information content (AvgIpc) is 2.40. The van der Waals surface area contributed by atoms with Gasteiger partial charge in [-0.25, -0.2) is 9.18 Å². The third kappa shape index (κ3) is 3.18. The highest BCUT2D eigenvalue weighted by Gasteiger charge is 2.36. The summed E-state index contributed by atoms with van der Waals surface area (Å²) >= 11 is 0. The standard InChI is InChI=1S/C12H21FO2/c1-8(2)9-6-4-3-5-7-10(9)11(13)12(14)15/h8-11H,3-7H2,1-2H3,(H,14,15). The van der Waals surface area contributed by atoms with E-state index in [4.69, 9.17) is 5.11 Å². The Hall–Kier alpha value is -0.600. The molecule has 1 aliphatic carbocycles. The lowest BCUT2D eigenvalue weighted by molar-refractivity contribution is -0.146. The van der Waals surface area contributed by atoms with Crippen LogP contribution in [0.5, 0.6) is 0 Å². The van der Waals surface area contributed by atoms with Gasteiger partial charge in [-0.15, -0.1) is 0 Å². The van der Waals surface area contributed by atoms with Crippen LogP contribution in [-0.2, 0) is 4.79 Å². The molecule has 3 unspecified atom stereocenters. The second kappa shape index (κ2) is 5.47. The van der Waals surface area contributed by atoms with Gasteiger partial charge in [0.15, 0.2) is 6.17 Å². The minimum atomic E-state index is -1.67. The van der Waals surface area contributed by atoms with E-state index in [1.54, 1.807) is 0 Å². The van der Waals surface area contributed by atoms with Gasteiger partial charge in [-0.1, -0.05) is 33.1 Å². The van der Waals surface area contributed by atoms with Gasteiger partial charge in [0.1, 0.15) is 0 Å². The van der Waals surface area contributed by atoms with Gasteiger partial charge in [0.05, 0.1) is 0 Å². The van der Waals surface area contributed by atoms with Crippen LogP contribution in [0.2, 0.25) is 0 Å². The average molecular weight is 216 g/mol. The Kier molecular flexibility index (Phi) is 4.55. The first kappa shape index (κ1) is 12.5. The Balaban J connectivity index is 2.74. The molecule has 0 bridgehead atoms. The molecule has 0 aromatic rings. The van der Waals surface area contributed by atoms with Crippen LogP contribution < -0.4 is 0 Å². The molecule has 0 aliphatic heterocycles. The summed E-state index contributed by atoms with van der Waals surface area (Å²) < 4.78 is 13.6. The van der Waals surface area contributed by atoms with E-state index < -0.39 is 12.1 Å². The van der Waals surface area contributed by atoms with E-state index in [1.165, 1.54) is 0 Å². The summed E-state index contributed by atoms with van der Waals surface area (Å²) in [4.78, 5) is 10.7. The summed E-state index contributed by atoms with van der Waals surface area (Å²) in [5.41, 5.74) is 0. The normalized spacial score (nSPS) is 29.9. The molecule has 1 rings (SSSR count). The predicted molar refractivity (Wildman–Crippen MR) is 57.4 cm³/mol. The third-order valence-electron chi connectivity index (χ3n) is 3.59. The molecular formula is C12H21FO2. The Morgan fingerprint density at radius 3 is 2.20 bits per heavy atom. The van der Waals surface area contributed by atoms with Gasteiger partial charge in [0.2, 0.25) is 0 Å². The summed E-state index contributed by atoms with van der Waals surface area (Å²) in [6, 6.07) is 0. The van der Waals surface area contributed by atoms with Crippen LogP contribution in [0.25, 0.3) is 0 Å². The van der Waals surface area contributed by atoms with Gasteiger partial charge in [-0.3, -0.25) is 0 Å². The maximum atomic E-state index is 13.6. The quantitative estimate of drug-likeness (QED) is 0.735. The molecule has 0 spiro atoms. The highest BCUT2D eigenvalue weighted by molar-refractivity contribution is 5.72. The fourth-order valence-corrected chi connectivity index (χ4v) is 2.74. The zero-order valence-electron chi connectivity index (χ0n) is 9.58. The minimum Gasteiger partial charge on any atom is -0.479 e. The SMILES string of the molecule is CC(C)C1CCCCCC1C(F)C(=O)O. The van der Waals surface area contributed by atoms with Crippen molar-refractivity contribution in [2.75, 3.05) is 0 Å². The fraction of sp³-hybridized carbons (Fsp3) is 0.917. The number of alkyl halides is 1. The van der Waals surface area contributed by atoms with E-state index >= 15 is 0 Å². The number of halogens is 1. The van der Waals surface area contributed by atoms with Crippen molar-refractivity contribution in [3.63, 3.8) is 0 Å². The van der Waals surface area contributed by atoms with E-state index in [0.29, 0.717) is 5.92 Å². The smallest absolute Gasteiger partial charge is 0.338 e. The highest BCUT2D eigenvalue weighted by Crippen LogP contribution is 2.36. The number of hydrogen-bond acceptors (Lipinski definition) is 1. The molecule has 1 aliphatic rings. The van der Waals surface area contributed by atoms with E-state index in [1.807, 2.05) is 0 Å². The first-order chi connectivity index (χ1) is 7.04. The third-order valence-corrected chi connectivity index (χ3v) is 3.59. The maximum absolute atomic E-state index is 13.6. The molecule has 0 heterocycles. The van der Waals surface area contributed by atoms with Crippen LogP contribution in [-0.4, -0.2) is 17.2 Å². The van der Waals surface area contributed by atoms with Crippen LogP contribution in [0.3, 0.4) is 0 Å². The lowest BCUT2D eigenvalue weighted by Gasteiger charge is -2.29. The van der Waals surface area contributed by atoms with Crippen LogP contribution in [0.1, 0.15) is 46.0 Å². The molecule has 1 saturated carbocycles. The summed E-state index contributed by atoms with van der Waals surface area (Å²) in [5, 5.41) is 8.75. The second-order valence-corrected chi connectivity index (χ2v) is 4.95. The Bertz CT molecular complexity index is 216. The Morgan fingerprint density at radius 1 is 1.20 bits per heavy atom. The van der Waals surface area contributed by atoms with E-state index in [2.05, 4.69) is 13.8 Å². The summed E-state index contributed by atoms with van der Waals surface area (Å²) in [7, 11) is 0. The molecule has 1 N–H and O–H groups in total. The van der Waals surface area contributed by atoms with Crippen molar-refractivity contribution in [3.05, 3.63) is 0 Å². The van der Waals surface area contributed by atoms with Gasteiger partial charge in [0, 0.05) is 5.92 Å². The van der Waals surface area contributed by atoms with Crippen LogP contribution in [0.4, 0.5) is 4.39 Å². The molecule has 3 heteroatoms. The lowest BCUT2D eigenvalue weighted by atomic mass is 9.77. The topological polar surface area (TPSA) is 37.3 Å². The van der Waals surface area contributed by atoms with Crippen molar-refractivity contribution in [2.24, 2.45) is 17.8 Å². The first-order valence-corrected chi connectivity index (χ1v) is 5.91. The first-order valence-electron chi connectivity index (χ1n) is 5.91. The Labute approximate surface area is 90.9 Å². The molecule has 88 valence electrons. The van der Waals surface area contributed by atoms with E-state index in [0.717, 1.165) is 32.1 Å². The van der Waals surface area contributed by atoms with Crippen LogP contribution in [0.15, 0.2) is 0 Å². The molecule has 0 radical (unpaired) electrons. The number of hydrogen-bond donors (Lipinski definition) is 1. The molecule has 0 saturated heterocycles. The number of rotatable bonds is 3. The fourth-order valence-electron chi connectivity index (χ4n) is 2.74. The summed E-state index contributed by atoms with van der Waals surface area (Å²) in [5.74, 6) is -0.943. The van der Waals surface area contributed by atoms with E-state index in [9.17, 15) is 9.18 Å². The summed E-state index contributed by atoms with van der Waals surface area (Å²) in [6.45, 7) is 4.13. The zero-order chi connectivity index (χ0) is 11.4. The molecule has 0 aromatic carbocycles. The molecule has 1 fully saturated rings. The van der Waals surface area contributed by atoms with Gasteiger partial charge in [-0.2, -0.15) is 0 Å². The van der Waals surface area contributed by atoms with Crippen molar-refractivity contribution in [1.29, 1.82) is 0 Å². The van der Waals surface area contributed by atoms with Crippen molar-refractivity contribution < 1.29 is 14.3 Å². The van der Waals surface area contributed by atoms with Crippen molar-refractivity contribution in [1.82, 2.24) is 0 Å². The number of carboxylic acid groups (broad SMARTS) is 1. The second-order valence-electron chi connectivity index (χ2n) is 4.95. The van der Waals surface area contributed by atoms with E-state index in [-0.39, 0.29) is 11.8 Å². The lowest BCUT2D eigenvalue weighted by Crippen LogP contribution is -2.33. The summed E-state index contributed by atoms with van der Waals surface area (Å²) in [6.07, 6.45) is 3.25. The maximum Gasteiger partial charge on any atom is 0.338 e. The van der Waals surface area contributed by atoms with Gasteiger partial charge >= 0.3 is 5.97 Å². The van der Waals surface area contributed by atoms with Crippen LogP contribution >= 0.6 is 0 Å². The number of carbonyl (C=O) groups is 1. The van der Waals surface area contributed by atoms with Crippen molar-refractivity contribution >= 4 is 5.97 Å². The van der Waals surface area contributed by atoms with Gasteiger partial charge < -0.3 is 5.11 Å². The Morgan fingerprint density at radius 2 is 1.73 bits per heavy atom. The molecular weight excluding hydrogens is 195 g/mol. The number of carboxylic acids is 1. The van der Waals surface area contributed by atoms with Crippen LogP contribution in [0, 0.1) is 17.8 Å².